The molecule has 0 amide bonds. The summed E-state index contributed by atoms with van der Waals surface area (Å²) in [6.45, 7) is 10.7. The first-order valence-corrected chi connectivity index (χ1v) is 8.33. The maximum atomic E-state index is 3.45. The number of hydrogen-bond acceptors (Lipinski definition) is 2. The fourth-order valence-electron chi connectivity index (χ4n) is 3.59. The molecule has 1 fully saturated rings. The van der Waals surface area contributed by atoms with E-state index in [1.165, 1.54) is 44.5 Å². The van der Waals surface area contributed by atoms with Gasteiger partial charge < -0.3 is 5.32 Å². The molecule has 0 radical (unpaired) electrons. The molecule has 2 heteroatoms. The predicted octanol–water partition coefficient (Wildman–Crippen LogP) is 3.56. The molecule has 1 aromatic carbocycles. The van der Waals surface area contributed by atoms with Gasteiger partial charge >= 0.3 is 0 Å². The molecule has 0 bridgehead atoms. The van der Waals surface area contributed by atoms with Gasteiger partial charge in [0.05, 0.1) is 0 Å². The van der Waals surface area contributed by atoms with Gasteiger partial charge in [-0.2, -0.15) is 0 Å². The molecular weight excluding hydrogens is 256 g/mol. The van der Waals surface area contributed by atoms with Crippen LogP contribution in [0.5, 0.6) is 0 Å². The van der Waals surface area contributed by atoms with Crippen molar-refractivity contribution < 1.29 is 0 Å². The summed E-state index contributed by atoms with van der Waals surface area (Å²) in [6.07, 6.45) is 3.81. The molecule has 2 aliphatic rings. The van der Waals surface area contributed by atoms with E-state index in [2.05, 4.69) is 54.4 Å². The largest absolute Gasteiger partial charge is 0.314 e. The van der Waals surface area contributed by atoms with E-state index in [0.717, 1.165) is 13.1 Å². The van der Waals surface area contributed by atoms with Crippen molar-refractivity contribution in [3.8, 4) is 0 Å². The van der Waals surface area contributed by atoms with Gasteiger partial charge in [0.1, 0.15) is 0 Å². The second kappa shape index (κ2) is 6.33. The maximum absolute atomic E-state index is 3.45. The lowest BCUT2D eigenvalue weighted by molar-refractivity contribution is 0.249. The standard InChI is InChI=1S/C19H28N2/c1-19(2)9-8-17(15-21-12-10-20-11-13-21)18(14-19)16-6-4-3-5-7-16/h3-7,20H,8-15H2,1-2H3. The zero-order valence-corrected chi connectivity index (χ0v) is 13.5. The zero-order chi connectivity index (χ0) is 14.7. The maximum Gasteiger partial charge on any atom is 0.0200 e. The van der Waals surface area contributed by atoms with Gasteiger partial charge in [0, 0.05) is 32.7 Å². The molecule has 1 N–H and O–H groups in total. The van der Waals surface area contributed by atoms with Gasteiger partial charge in [-0.25, -0.2) is 0 Å². The Hall–Kier alpha value is -1.12. The SMILES string of the molecule is CC1(C)CCC(CN2CCNCC2)=C(c2ccccc2)C1. The van der Waals surface area contributed by atoms with Crippen LogP contribution >= 0.6 is 0 Å². The Labute approximate surface area is 129 Å². The molecule has 1 heterocycles. The highest BCUT2D eigenvalue weighted by atomic mass is 15.2. The lowest BCUT2D eigenvalue weighted by atomic mass is 9.72. The summed E-state index contributed by atoms with van der Waals surface area (Å²) in [5.41, 5.74) is 5.18. The minimum absolute atomic E-state index is 0.443. The van der Waals surface area contributed by atoms with Crippen LogP contribution < -0.4 is 5.32 Å². The number of allylic oxidation sites excluding steroid dienone is 1. The van der Waals surface area contributed by atoms with Crippen LogP contribution in [0, 0.1) is 5.41 Å². The molecule has 0 aromatic heterocycles. The van der Waals surface area contributed by atoms with Crippen LogP contribution in [-0.2, 0) is 0 Å². The van der Waals surface area contributed by atoms with Gasteiger partial charge in [-0.1, -0.05) is 49.8 Å². The minimum Gasteiger partial charge on any atom is -0.314 e. The Kier molecular flexibility index (Phi) is 4.46. The smallest absolute Gasteiger partial charge is 0.0200 e. The molecule has 0 atom stereocenters. The number of benzene rings is 1. The highest BCUT2D eigenvalue weighted by Gasteiger charge is 2.28. The van der Waals surface area contributed by atoms with Crippen LogP contribution in [0.1, 0.15) is 38.7 Å². The van der Waals surface area contributed by atoms with Gasteiger partial charge in [-0.15, -0.1) is 0 Å². The van der Waals surface area contributed by atoms with Crippen LogP contribution in [0.3, 0.4) is 0 Å². The normalized spacial score (nSPS) is 23.3. The third-order valence-corrected chi connectivity index (χ3v) is 4.93. The Balaban J connectivity index is 1.86. The molecule has 0 spiro atoms. The van der Waals surface area contributed by atoms with Crippen LogP contribution in [0.15, 0.2) is 35.9 Å². The Bertz CT molecular complexity index is 496. The monoisotopic (exact) mass is 284 g/mol. The molecule has 21 heavy (non-hydrogen) atoms. The Morgan fingerprint density at radius 1 is 1.10 bits per heavy atom. The summed E-state index contributed by atoms with van der Waals surface area (Å²) in [6, 6.07) is 11.0. The highest BCUT2D eigenvalue weighted by Crippen LogP contribution is 2.43. The second-order valence-electron chi connectivity index (χ2n) is 7.32. The van der Waals surface area contributed by atoms with E-state index >= 15 is 0 Å². The Morgan fingerprint density at radius 3 is 2.52 bits per heavy atom. The molecule has 0 saturated carbocycles. The molecule has 0 unspecified atom stereocenters. The van der Waals surface area contributed by atoms with Crippen molar-refractivity contribution in [2.45, 2.75) is 33.1 Å². The van der Waals surface area contributed by atoms with E-state index in [0.29, 0.717) is 5.41 Å². The highest BCUT2D eigenvalue weighted by molar-refractivity contribution is 5.70. The zero-order valence-electron chi connectivity index (χ0n) is 13.5. The molecule has 3 rings (SSSR count). The molecule has 1 aromatic rings. The van der Waals surface area contributed by atoms with Crippen molar-refractivity contribution in [2.75, 3.05) is 32.7 Å². The van der Waals surface area contributed by atoms with Gasteiger partial charge in [-0.05, 0) is 35.8 Å². The topological polar surface area (TPSA) is 15.3 Å². The number of piperazine rings is 1. The lowest BCUT2D eigenvalue weighted by Gasteiger charge is -2.36. The fraction of sp³-hybridized carbons (Fsp3) is 0.579. The summed E-state index contributed by atoms with van der Waals surface area (Å²) < 4.78 is 0. The van der Waals surface area contributed by atoms with Gasteiger partial charge in [0.15, 0.2) is 0 Å². The summed E-state index contributed by atoms with van der Waals surface area (Å²) in [5.74, 6) is 0. The summed E-state index contributed by atoms with van der Waals surface area (Å²) in [4.78, 5) is 2.62. The molecule has 2 nitrogen and oxygen atoms in total. The fourth-order valence-corrected chi connectivity index (χ4v) is 3.59. The van der Waals surface area contributed by atoms with Crippen LogP contribution in [0.4, 0.5) is 0 Å². The van der Waals surface area contributed by atoms with E-state index < -0.39 is 0 Å². The lowest BCUT2D eigenvalue weighted by Crippen LogP contribution is -2.44. The van der Waals surface area contributed by atoms with E-state index in [-0.39, 0.29) is 0 Å². The molecular formula is C19H28N2. The van der Waals surface area contributed by atoms with E-state index in [1.54, 1.807) is 11.1 Å². The van der Waals surface area contributed by atoms with Gasteiger partial charge in [-0.3, -0.25) is 4.90 Å². The van der Waals surface area contributed by atoms with Crippen LogP contribution in [0.2, 0.25) is 0 Å². The van der Waals surface area contributed by atoms with Crippen molar-refractivity contribution in [3.05, 3.63) is 41.5 Å². The molecule has 1 aliphatic carbocycles. The molecule has 114 valence electrons. The average molecular weight is 284 g/mol. The first-order chi connectivity index (χ1) is 10.1. The third kappa shape index (κ3) is 3.75. The number of rotatable bonds is 3. The van der Waals surface area contributed by atoms with E-state index in [9.17, 15) is 0 Å². The van der Waals surface area contributed by atoms with Crippen molar-refractivity contribution in [1.29, 1.82) is 0 Å². The number of nitrogens with one attached hydrogen (secondary N) is 1. The van der Waals surface area contributed by atoms with E-state index in [1.807, 2.05) is 0 Å². The quantitative estimate of drug-likeness (QED) is 0.913. The molecule has 1 aliphatic heterocycles. The van der Waals surface area contributed by atoms with Crippen molar-refractivity contribution in [2.24, 2.45) is 5.41 Å². The number of hydrogen-bond donors (Lipinski definition) is 1. The van der Waals surface area contributed by atoms with Crippen molar-refractivity contribution in [3.63, 3.8) is 0 Å². The first kappa shape index (κ1) is 14.8. The third-order valence-electron chi connectivity index (χ3n) is 4.93. The second-order valence-corrected chi connectivity index (χ2v) is 7.32. The van der Waals surface area contributed by atoms with E-state index in [4.69, 9.17) is 0 Å². The van der Waals surface area contributed by atoms with Crippen molar-refractivity contribution in [1.82, 2.24) is 10.2 Å². The van der Waals surface area contributed by atoms with Crippen molar-refractivity contribution >= 4 is 5.57 Å². The first-order valence-electron chi connectivity index (χ1n) is 8.33. The summed E-state index contributed by atoms with van der Waals surface area (Å²) in [7, 11) is 0. The minimum atomic E-state index is 0.443. The number of nitrogens with zero attached hydrogens (tertiary/aromatic N) is 1. The Morgan fingerprint density at radius 2 is 1.81 bits per heavy atom. The molecule has 1 saturated heterocycles. The predicted molar refractivity (Wildman–Crippen MR) is 90.3 cm³/mol. The van der Waals surface area contributed by atoms with Crippen LogP contribution in [0.25, 0.3) is 5.57 Å². The van der Waals surface area contributed by atoms with Crippen LogP contribution in [-0.4, -0.2) is 37.6 Å². The van der Waals surface area contributed by atoms with Gasteiger partial charge in [0.25, 0.3) is 0 Å². The van der Waals surface area contributed by atoms with Gasteiger partial charge in [0.2, 0.25) is 0 Å². The summed E-state index contributed by atoms with van der Waals surface area (Å²) >= 11 is 0. The summed E-state index contributed by atoms with van der Waals surface area (Å²) in [5, 5.41) is 3.45. The average Bonchev–Trinajstić information content (AvgIpc) is 2.51.